The van der Waals surface area contributed by atoms with E-state index in [0.717, 1.165) is 10.6 Å². The van der Waals surface area contributed by atoms with Gasteiger partial charge in [-0.15, -0.1) is 16.4 Å². The third-order valence-electron chi connectivity index (χ3n) is 4.59. The van der Waals surface area contributed by atoms with Gasteiger partial charge in [0.05, 0.1) is 11.4 Å². The van der Waals surface area contributed by atoms with Crippen LogP contribution in [0, 0.1) is 5.82 Å². The van der Waals surface area contributed by atoms with Gasteiger partial charge in [0.25, 0.3) is 0 Å². The van der Waals surface area contributed by atoms with Crippen LogP contribution < -0.4 is 4.74 Å². The fraction of sp³-hybridized carbons (Fsp3) is 0.381. The molecule has 3 heterocycles. The van der Waals surface area contributed by atoms with Crippen molar-refractivity contribution >= 4 is 23.0 Å². The van der Waals surface area contributed by atoms with Gasteiger partial charge >= 0.3 is 6.09 Å². The summed E-state index contributed by atoms with van der Waals surface area (Å²) in [6.45, 7) is 6.76. The van der Waals surface area contributed by atoms with Crippen molar-refractivity contribution in [2.24, 2.45) is 0 Å². The molecule has 1 amide bonds. The van der Waals surface area contributed by atoms with Crippen molar-refractivity contribution in [2.75, 3.05) is 13.1 Å². The molecule has 3 aromatic rings. The van der Waals surface area contributed by atoms with Gasteiger partial charge in [-0.1, -0.05) is 6.08 Å². The van der Waals surface area contributed by atoms with Gasteiger partial charge in [0.2, 0.25) is 0 Å². The number of carbonyl (C=O) groups excluding carboxylic acids is 1. The summed E-state index contributed by atoms with van der Waals surface area (Å²) in [5, 5.41) is 13.6. The van der Waals surface area contributed by atoms with Crippen molar-refractivity contribution in [2.45, 2.75) is 39.4 Å². The molecule has 0 spiro atoms. The highest BCUT2D eigenvalue weighted by Gasteiger charge is 2.24. The number of amides is 1. The van der Waals surface area contributed by atoms with Gasteiger partial charge < -0.3 is 14.4 Å². The Balaban J connectivity index is 1.34. The number of nitrogens with zero attached hydrogens (tertiary/aromatic N) is 6. The Kier molecular flexibility index (Phi) is 6.17. The number of benzene rings is 1. The van der Waals surface area contributed by atoms with Crippen LogP contribution in [0.5, 0.6) is 5.75 Å². The van der Waals surface area contributed by atoms with Crippen molar-refractivity contribution in [3.05, 3.63) is 52.5 Å². The standard InChI is InChI=1S/C21H23FN6O3S/c1-21(2,3)31-20(29)27-8-6-14(7-9-27)19-24-15(12-32-19)11-30-18-5-4-16(10-17(18)22)28-13-23-25-26-28/h4-6,10,12-13H,7-9,11H2,1-3H3. The molecule has 0 atom stereocenters. The summed E-state index contributed by atoms with van der Waals surface area (Å²) in [6.07, 6.45) is 3.77. The molecule has 1 aliphatic heterocycles. The predicted octanol–water partition coefficient (Wildman–Crippen LogP) is 3.86. The minimum Gasteiger partial charge on any atom is -0.484 e. The molecule has 1 aliphatic rings. The summed E-state index contributed by atoms with van der Waals surface area (Å²) < 4.78 is 26.8. The molecule has 32 heavy (non-hydrogen) atoms. The largest absolute Gasteiger partial charge is 0.484 e. The molecule has 0 fully saturated rings. The Morgan fingerprint density at radius 1 is 1.31 bits per heavy atom. The molecule has 0 unspecified atom stereocenters. The van der Waals surface area contributed by atoms with Gasteiger partial charge in [0.1, 0.15) is 23.5 Å². The van der Waals surface area contributed by atoms with E-state index >= 15 is 0 Å². The minimum absolute atomic E-state index is 0.126. The molecular weight excluding hydrogens is 435 g/mol. The molecule has 0 radical (unpaired) electrons. The highest BCUT2D eigenvalue weighted by molar-refractivity contribution is 7.10. The van der Waals surface area contributed by atoms with Crippen LogP contribution in [-0.4, -0.2) is 54.9 Å². The molecule has 9 nitrogen and oxygen atoms in total. The predicted molar refractivity (Wildman–Crippen MR) is 116 cm³/mol. The minimum atomic E-state index is -0.515. The average molecular weight is 459 g/mol. The number of halogens is 1. The Bertz CT molecular complexity index is 1120. The van der Waals surface area contributed by atoms with Crippen LogP contribution in [0.25, 0.3) is 11.3 Å². The Hall–Kier alpha value is -3.34. The van der Waals surface area contributed by atoms with E-state index in [4.69, 9.17) is 9.47 Å². The monoisotopic (exact) mass is 458 g/mol. The number of rotatable bonds is 5. The van der Waals surface area contributed by atoms with E-state index in [1.807, 2.05) is 32.2 Å². The molecule has 0 N–H and O–H groups in total. The van der Waals surface area contributed by atoms with Crippen molar-refractivity contribution in [1.82, 2.24) is 30.1 Å². The van der Waals surface area contributed by atoms with Gasteiger partial charge in [-0.3, -0.25) is 0 Å². The third-order valence-corrected chi connectivity index (χ3v) is 5.56. The number of tetrazole rings is 1. The first kappa shape index (κ1) is 21.9. The molecule has 4 rings (SSSR count). The normalized spacial score (nSPS) is 14.2. The van der Waals surface area contributed by atoms with E-state index in [0.29, 0.717) is 30.9 Å². The molecule has 0 saturated carbocycles. The second-order valence-corrected chi connectivity index (χ2v) is 9.07. The summed E-state index contributed by atoms with van der Waals surface area (Å²) >= 11 is 1.50. The van der Waals surface area contributed by atoms with Crippen LogP contribution in [0.1, 0.15) is 37.9 Å². The fourth-order valence-electron chi connectivity index (χ4n) is 3.06. The molecule has 0 bridgehead atoms. The van der Waals surface area contributed by atoms with Gasteiger partial charge in [0.15, 0.2) is 11.6 Å². The summed E-state index contributed by atoms with van der Waals surface area (Å²) in [5.74, 6) is -0.382. The zero-order valence-electron chi connectivity index (χ0n) is 18.0. The second-order valence-electron chi connectivity index (χ2n) is 8.21. The molecular formula is C21H23FN6O3S. The summed E-state index contributed by atoms with van der Waals surface area (Å²) in [4.78, 5) is 18.5. The highest BCUT2D eigenvalue weighted by atomic mass is 32.1. The quantitative estimate of drug-likeness (QED) is 0.573. The van der Waals surface area contributed by atoms with Gasteiger partial charge in [-0.25, -0.2) is 18.9 Å². The number of hydrogen-bond donors (Lipinski definition) is 0. The van der Waals surface area contributed by atoms with Crippen LogP contribution in [0.3, 0.4) is 0 Å². The summed E-state index contributed by atoms with van der Waals surface area (Å²) in [6, 6.07) is 4.51. The van der Waals surface area contributed by atoms with Crippen molar-refractivity contribution < 1.29 is 18.7 Å². The SMILES string of the molecule is CC(C)(C)OC(=O)N1CC=C(c2nc(COc3ccc(-n4cnnn4)cc3F)cs2)CC1. The van der Waals surface area contributed by atoms with E-state index < -0.39 is 11.4 Å². The van der Waals surface area contributed by atoms with Crippen LogP contribution in [-0.2, 0) is 11.3 Å². The van der Waals surface area contributed by atoms with E-state index in [-0.39, 0.29) is 18.4 Å². The first-order chi connectivity index (χ1) is 15.3. The summed E-state index contributed by atoms with van der Waals surface area (Å²) in [5.41, 5.74) is 1.78. The zero-order chi connectivity index (χ0) is 22.7. The number of hydrogen-bond acceptors (Lipinski definition) is 8. The molecule has 168 valence electrons. The topological polar surface area (TPSA) is 95.3 Å². The van der Waals surface area contributed by atoms with Gasteiger partial charge in [-0.2, -0.15) is 0 Å². The van der Waals surface area contributed by atoms with Gasteiger partial charge in [-0.05, 0) is 55.3 Å². The van der Waals surface area contributed by atoms with Crippen LogP contribution in [0.2, 0.25) is 0 Å². The maximum Gasteiger partial charge on any atom is 0.410 e. The van der Waals surface area contributed by atoms with Crippen LogP contribution in [0.15, 0.2) is 36.0 Å². The smallest absolute Gasteiger partial charge is 0.410 e. The third kappa shape index (κ3) is 5.28. The lowest BCUT2D eigenvalue weighted by Gasteiger charge is -2.29. The molecule has 1 aromatic carbocycles. The lowest BCUT2D eigenvalue weighted by Crippen LogP contribution is -2.39. The molecule has 0 aliphatic carbocycles. The lowest BCUT2D eigenvalue weighted by molar-refractivity contribution is 0.0270. The van der Waals surface area contributed by atoms with E-state index in [2.05, 4.69) is 20.5 Å². The number of thiazole rings is 1. The van der Waals surface area contributed by atoms with Gasteiger partial charge in [0, 0.05) is 24.5 Å². The zero-order valence-corrected chi connectivity index (χ0v) is 18.8. The Morgan fingerprint density at radius 2 is 2.16 bits per heavy atom. The first-order valence-corrected chi connectivity index (χ1v) is 10.9. The average Bonchev–Trinajstić information content (AvgIpc) is 3.44. The fourth-order valence-corrected chi connectivity index (χ4v) is 3.93. The van der Waals surface area contributed by atoms with Crippen molar-refractivity contribution in [3.8, 4) is 11.4 Å². The summed E-state index contributed by atoms with van der Waals surface area (Å²) in [7, 11) is 0. The van der Waals surface area contributed by atoms with E-state index in [1.54, 1.807) is 11.0 Å². The number of aromatic nitrogens is 5. The van der Waals surface area contributed by atoms with Crippen LogP contribution in [0.4, 0.5) is 9.18 Å². The van der Waals surface area contributed by atoms with Crippen LogP contribution >= 0.6 is 11.3 Å². The number of carbonyl (C=O) groups is 1. The highest BCUT2D eigenvalue weighted by Crippen LogP contribution is 2.27. The van der Waals surface area contributed by atoms with E-state index in [1.165, 1.54) is 34.5 Å². The Labute approximate surface area is 188 Å². The molecule has 11 heteroatoms. The molecule has 2 aromatic heterocycles. The van der Waals surface area contributed by atoms with E-state index in [9.17, 15) is 9.18 Å². The first-order valence-electron chi connectivity index (χ1n) is 10.1. The Morgan fingerprint density at radius 3 is 2.81 bits per heavy atom. The van der Waals surface area contributed by atoms with Crippen molar-refractivity contribution in [1.29, 1.82) is 0 Å². The van der Waals surface area contributed by atoms with Crippen molar-refractivity contribution in [3.63, 3.8) is 0 Å². The number of ether oxygens (including phenoxy) is 2. The lowest BCUT2D eigenvalue weighted by atomic mass is 10.1. The second kappa shape index (κ2) is 9.03. The maximum absolute atomic E-state index is 14.4. The molecule has 0 saturated heterocycles. The maximum atomic E-state index is 14.4.